The Morgan fingerprint density at radius 1 is 1.24 bits per heavy atom. The number of carbonyl (C=O) groups is 2. The highest BCUT2D eigenvalue weighted by molar-refractivity contribution is 6.30. The highest BCUT2D eigenvalue weighted by Gasteiger charge is 2.29. The Balaban J connectivity index is 2.00. The van der Waals surface area contributed by atoms with Crippen molar-refractivity contribution >= 4 is 23.4 Å². The number of nitrogens with one attached hydrogen (secondary N) is 2. The Kier molecular flexibility index (Phi) is 6.95. The van der Waals surface area contributed by atoms with Gasteiger partial charge in [0.05, 0.1) is 17.6 Å². The SMILES string of the molecule is CNC(=O)c1cc(C(=O)NC2CCCCC2)c(C(CC#N)c2cccc(Cl)c2)o1. The van der Waals surface area contributed by atoms with Crippen LogP contribution < -0.4 is 10.6 Å². The number of amides is 2. The largest absolute Gasteiger partial charge is 0.454 e. The van der Waals surface area contributed by atoms with Gasteiger partial charge in [0.15, 0.2) is 5.76 Å². The lowest BCUT2D eigenvalue weighted by molar-refractivity contribution is 0.0918. The van der Waals surface area contributed by atoms with E-state index in [9.17, 15) is 14.9 Å². The van der Waals surface area contributed by atoms with Crippen molar-refractivity contribution in [2.45, 2.75) is 50.5 Å². The Labute approximate surface area is 175 Å². The van der Waals surface area contributed by atoms with Gasteiger partial charge in [0.25, 0.3) is 11.8 Å². The number of rotatable bonds is 6. The first-order chi connectivity index (χ1) is 14.0. The monoisotopic (exact) mass is 413 g/mol. The van der Waals surface area contributed by atoms with Crippen LogP contribution in [-0.2, 0) is 0 Å². The molecule has 0 aliphatic heterocycles. The third-order valence-electron chi connectivity index (χ3n) is 5.26. The predicted molar refractivity (Wildman–Crippen MR) is 110 cm³/mol. The summed E-state index contributed by atoms with van der Waals surface area (Å²) in [6.07, 6.45) is 5.33. The second kappa shape index (κ2) is 9.62. The molecule has 0 bridgehead atoms. The summed E-state index contributed by atoms with van der Waals surface area (Å²) in [4.78, 5) is 25.2. The lowest BCUT2D eigenvalue weighted by atomic mass is 9.91. The van der Waals surface area contributed by atoms with Crippen molar-refractivity contribution in [1.82, 2.24) is 10.6 Å². The average molecular weight is 414 g/mol. The molecule has 0 spiro atoms. The number of hydrogen-bond donors (Lipinski definition) is 2. The molecular weight excluding hydrogens is 390 g/mol. The van der Waals surface area contributed by atoms with Gasteiger partial charge in [-0.15, -0.1) is 0 Å². The second-order valence-electron chi connectivity index (χ2n) is 7.25. The number of furan rings is 1. The van der Waals surface area contributed by atoms with Crippen LogP contribution >= 0.6 is 11.6 Å². The maximum atomic E-state index is 13.1. The number of benzene rings is 1. The van der Waals surface area contributed by atoms with Crippen LogP contribution in [0.15, 0.2) is 34.7 Å². The third kappa shape index (κ3) is 4.99. The van der Waals surface area contributed by atoms with Crippen LogP contribution in [0, 0.1) is 11.3 Å². The Morgan fingerprint density at radius 3 is 2.66 bits per heavy atom. The zero-order chi connectivity index (χ0) is 20.8. The van der Waals surface area contributed by atoms with Gasteiger partial charge >= 0.3 is 0 Å². The minimum Gasteiger partial charge on any atom is -0.454 e. The van der Waals surface area contributed by atoms with Gasteiger partial charge in [-0.25, -0.2) is 0 Å². The number of carbonyl (C=O) groups excluding carboxylic acids is 2. The summed E-state index contributed by atoms with van der Waals surface area (Å²) in [5.74, 6) is -0.869. The first-order valence-corrected chi connectivity index (χ1v) is 10.2. The molecule has 1 aromatic carbocycles. The van der Waals surface area contributed by atoms with E-state index in [1.165, 1.54) is 19.5 Å². The molecule has 3 rings (SSSR count). The zero-order valence-corrected chi connectivity index (χ0v) is 17.1. The lowest BCUT2D eigenvalue weighted by Gasteiger charge is -2.23. The Morgan fingerprint density at radius 2 is 2.00 bits per heavy atom. The molecule has 0 radical (unpaired) electrons. The van der Waals surface area contributed by atoms with E-state index in [4.69, 9.17) is 16.0 Å². The van der Waals surface area contributed by atoms with E-state index < -0.39 is 11.8 Å². The first-order valence-electron chi connectivity index (χ1n) is 9.82. The highest BCUT2D eigenvalue weighted by Crippen LogP contribution is 2.34. The molecule has 1 saturated carbocycles. The van der Waals surface area contributed by atoms with Crippen molar-refractivity contribution in [3.8, 4) is 6.07 Å². The van der Waals surface area contributed by atoms with E-state index in [1.807, 2.05) is 6.07 Å². The fraction of sp³-hybridized carbons (Fsp3) is 0.409. The van der Waals surface area contributed by atoms with E-state index >= 15 is 0 Å². The molecule has 7 heteroatoms. The standard InChI is InChI=1S/C22H24ClN3O3/c1-25-22(28)19-13-18(21(27)26-16-8-3-2-4-9-16)20(29-19)17(10-11-24)14-6-5-7-15(23)12-14/h5-7,12-13,16-17H,2-4,8-10H2,1H3,(H,25,28)(H,26,27). The summed E-state index contributed by atoms with van der Waals surface area (Å²) < 4.78 is 5.82. The molecule has 6 nitrogen and oxygen atoms in total. The first kappa shape index (κ1) is 20.9. The summed E-state index contributed by atoms with van der Waals surface area (Å²) in [5.41, 5.74) is 1.04. The molecular formula is C22H24ClN3O3. The highest BCUT2D eigenvalue weighted by atomic mass is 35.5. The van der Waals surface area contributed by atoms with E-state index in [0.29, 0.717) is 10.8 Å². The number of hydrogen-bond acceptors (Lipinski definition) is 4. The summed E-state index contributed by atoms with van der Waals surface area (Å²) in [5, 5.41) is 15.5. The van der Waals surface area contributed by atoms with Crippen LogP contribution in [0.2, 0.25) is 5.02 Å². The predicted octanol–water partition coefficient (Wildman–Crippen LogP) is 4.40. The molecule has 2 N–H and O–H groups in total. The molecule has 2 aromatic rings. The maximum Gasteiger partial charge on any atom is 0.286 e. The molecule has 1 aliphatic rings. The van der Waals surface area contributed by atoms with Crippen LogP contribution in [0.3, 0.4) is 0 Å². The minimum atomic E-state index is -0.510. The average Bonchev–Trinajstić information content (AvgIpc) is 3.17. The van der Waals surface area contributed by atoms with E-state index in [2.05, 4.69) is 16.7 Å². The van der Waals surface area contributed by atoms with Crippen molar-refractivity contribution < 1.29 is 14.0 Å². The summed E-state index contributed by atoms with van der Waals surface area (Å²) in [6, 6.07) is 10.8. The fourth-order valence-electron chi connectivity index (χ4n) is 3.76. The molecule has 1 unspecified atom stereocenters. The van der Waals surface area contributed by atoms with Crippen LogP contribution in [0.1, 0.15) is 76.7 Å². The van der Waals surface area contributed by atoms with Gasteiger partial charge in [0.1, 0.15) is 5.76 Å². The molecule has 2 amide bonds. The molecule has 1 aromatic heterocycles. The Hall–Kier alpha value is -2.78. The summed E-state index contributed by atoms with van der Waals surface area (Å²) >= 11 is 6.13. The van der Waals surface area contributed by atoms with Gasteiger partial charge in [0.2, 0.25) is 0 Å². The van der Waals surface area contributed by atoms with Gasteiger partial charge in [-0.05, 0) is 30.5 Å². The van der Waals surface area contributed by atoms with Crippen molar-refractivity contribution in [1.29, 1.82) is 5.26 Å². The topological polar surface area (TPSA) is 95.1 Å². The van der Waals surface area contributed by atoms with Crippen molar-refractivity contribution in [2.24, 2.45) is 0 Å². The summed E-state index contributed by atoms with van der Waals surface area (Å²) in [7, 11) is 1.50. The van der Waals surface area contributed by atoms with E-state index in [-0.39, 0.29) is 29.7 Å². The summed E-state index contributed by atoms with van der Waals surface area (Å²) in [6.45, 7) is 0. The number of nitrogens with zero attached hydrogens (tertiary/aromatic N) is 1. The molecule has 1 aliphatic carbocycles. The van der Waals surface area contributed by atoms with Crippen LogP contribution in [0.25, 0.3) is 0 Å². The van der Waals surface area contributed by atoms with Gasteiger partial charge in [-0.3, -0.25) is 9.59 Å². The van der Waals surface area contributed by atoms with Gasteiger partial charge in [-0.1, -0.05) is 43.0 Å². The molecule has 1 heterocycles. The second-order valence-corrected chi connectivity index (χ2v) is 7.68. The lowest BCUT2D eigenvalue weighted by Crippen LogP contribution is -2.36. The van der Waals surface area contributed by atoms with E-state index in [1.54, 1.807) is 18.2 Å². The van der Waals surface area contributed by atoms with Crippen LogP contribution in [0.5, 0.6) is 0 Å². The normalized spacial score (nSPS) is 15.3. The molecule has 29 heavy (non-hydrogen) atoms. The molecule has 1 atom stereocenters. The number of halogens is 1. The fourth-order valence-corrected chi connectivity index (χ4v) is 3.96. The van der Waals surface area contributed by atoms with Gasteiger partial charge in [-0.2, -0.15) is 5.26 Å². The maximum absolute atomic E-state index is 13.1. The van der Waals surface area contributed by atoms with Crippen LogP contribution in [0.4, 0.5) is 0 Å². The molecule has 1 fully saturated rings. The van der Waals surface area contributed by atoms with Gasteiger partial charge < -0.3 is 15.1 Å². The Bertz CT molecular complexity index is 926. The minimum absolute atomic E-state index is 0.0428. The van der Waals surface area contributed by atoms with Crippen molar-refractivity contribution in [3.63, 3.8) is 0 Å². The third-order valence-corrected chi connectivity index (χ3v) is 5.49. The van der Waals surface area contributed by atoms with Crippen molar-refractivity contribution in [3.05, 3.63) is 58.0 Å². The smallest absolute Gasteiger partial charge is 0.286 e. The molecule has 152 valence electrons. The molecule has 0 saturated heterocycles. The van der Waals surface area contributed by atoms with Crippen LogP contribution in [-0.4, -0.2) is 24.9 Å². The number of nitriles is 1. The van der Waals surface area contributed by atoms with Gasteiger partial charge in [0, 0.05) is 30.6 Å². The zero-order valence-electron chi connectivity index (χ0n) is 16.3. The quantitative estimate of drug-likeness (QED) is 0.733. The van der Waals surface area contributed by atoms with E-state index in [0.717, 1.165) is 31.2 Å². The van der Waals surface area contributed by atoms with Crippen molar-refractivity contribution in [2.75, 3.05) is 7.05 Å².